The maximum Gasteiger partial charge on any atom is 0.0223 e. The molecule has 74 valence electrons. The van der Waals surface area contributed by atoms with E-state index in [1.807, 2.05) is 14.1 Å². The quantitative estimate of drug-likeness (QED) is 0.650. The van der Waals surface area contributed by atoms with Crippen LogP contribution in [-0.2, 0) is 13.1 Å². The summed E-state index contributed by atoms with van der Waals surface area (Å²) in [4.78, 5) is 3.37. The van der Waals surface area contributed by atoms with Crippen molar-refractivity contribution in [2.24, 2.45) is 0 Å². The number of hydrogen-bond acceptors (Lipinski definition) is 2. The zero-order valence-electron chi connectivity index (χ0n) is 8.91. The van der Waals surface area contributed by atoms with Gasteiger partial charge in [-0.3, -0.25) is 0 Å². The van der Waals surface area contributed by atoms with Crippen LogP contribution in [0.3, 0.4) is 0 Å². The third-order valence-corrected chi connectivity index (χ3v) is 2.35. The normalized spacial score (nSPS) is 10.8. The van der Waals surface area contributed by atoms with E-state index in [2.05, 4.69) is 29.5 Å². The van der Waals surface area contributed by atoms with Crippen LogP contribution in [0.25, 0.3) is 0 Å². The molecule has 0 radical (unpaired) electrons. The van der Waals surface area contributed by atoms with E-state index in [-0.39, 0.29) is 0 Å². The second-order valence-electron chi connectivity index (χ2n) is 3.39. The summed E-state index contributed by atoms with van der Waals surface area (Å²) in [6.45, 7) is 6.12. The molecule has 3 N–H and O–H groups in total. The Labute approximate surface area is 79.9 Å². The molecule has 0 fully saturated rings. The van der Waals surface area contributed by atoms with E-state index in [1.165, 1.54) is 22.5 Å². The minimum absolute atomic E-state index is 0.938. The maximum atomic E-state index is 3.37. The monoisotopic (exact) mass is 181 g/mol. The fourth-order valence-corrected chi connectivity index (χ4v) is 1.72. The molecular formula is C10H19N3. The Bertz CT molecular complexity index is 249. The molecular weight excluding hydrogens is 162 g/mol. The molecule has 0 aliphatic rings. The molecule has 0 bridgehead atoms. The summed E-state index contributed by atoms with van der Waals surface area (Å²) < 4.78 is 0. The summed E-state index contributed by atoms with van der Waals surface area (Å²) in [5, 5.41) is 6.38. The second kappa shape index (κ2) is 4.44. The van der Waals surface area contributed by atoms with Crippen LogP contribution in [0.5, 0.6) is 0 Å². The largest absolute Gasteiger partial charge is 0.362 e. The lowest BCUT2D eigenvalue weighted by Gasteiger charge is -2.04. The van der Waals surface area contributed by atoms with E-state index in [0.717, 1.165) is 13.1 Å². The number of rotatable bonds is 4. The third-order valence-electron chi connectivity index (χ3n) is 2.35. The van der Waals surface area contributed by atoms with Crippen molar-refractivity contribution in [1.29, 1.82) is 0 Å². The van der Waals surface area contributed by atoms with Crippen molar-refractivity contribution < 1.29 is 0 Å². The average Bonchev–Trinajstić information content (AvgIpc) is 2.33. The summed E-state index contributed by atoms with van der Waals surface area (Å²) in [7, 11) is 3.95. The van der Waals surface area contributed by atoms with Gasteiger partial charge in [0.05, 0.1) is 0 Å². The highest BCUT2D eigenvalue weighted by atomic mass is 14.9. The van der Waals surface area contributed by atoms with Gasteiger partial charge in [0.1, 0.15) is 0 Å². The number of aryl methyl sites for hydroxylation is 2. The first-order chi connectivity index (χ1) is 6.20. The van der Waals surface area contributed by atoms with E-state index in [4.69, 9.17) is 0 Å². The van der Waals surface area contributed by atoms with Gasteiger partial charge in [-0.2, -0.15) is 0 Å². The van der Waals surface area contributed by atoms with Crippen molar-refractivity contribution in [3.63, 3.8) is 0 Å². The van der Waals surface area contributed by atoms with Crippen LogP contribution in [0.15, 0.2) is 0 Å². The standard InChI is InChI=1S/C10H19N3/c1-7-9(5-11-3)10(6-12-4)8(2)13-7/h11-13H,5-6H2,1-4H3. The molecule has 0 amide bonds. The fraction of sp³-hybridized carbons (Fsp3) is 0.600. The van der Waals surface area contributed by atoms with Crippen molar-refractivity contribution in [2.75, 3.05) is 14.1 Å². The van der Waals surface area contributed by atoms with Gasteiger partial charge in [0.15, 0.2) is 0 Å². The molecule has 1 aromatic rings. The van der Waals surface area contributed by atoms with E-state index < -0.39 is 0 Å². The van der Waals surface area contributed by atoms with Gasteiger partial charge < -0.3 is 15.6 Å². The molecule has 3 heteroatoms. The van der Waals surface area contributed by atoms with Crippen LogP contribution in [0.1, 0.15) is 22.5 Å². The number of hydrogen-bond donors (Lipinski definition) is 3. The Morgan fingerprint density at radius 3 is 1.62 bits per heavy atom. The molecule has 0 unspecified atom stereocenters. The Morgan fingerprint density at radius 1 is 0.923 bits per heavy atom. The van der Waals surface area contributed by atoms with Gasteiger partial charge in [-0.15, -0.1) is 0 Å². The van der Waals surface area contributed by atoms with Crippen molar-refractivity contribution in [3.05, 3.63) is 22.5 Å². The van der Waals surface area contributed by atoms with Crippen LogP contribution < -0.4 is 10.6 Å². The smallest absolute Gasteiger partial charge is 0.0223 e. The van der Waals surface area contributed by atoms with Crippen LogP contribution in [-0.4, -0.2) is 19.1 Å². The van der Waals surface area contributed by atoms with Crippen molar-refractivity contribution in [3.8, 4) is 0 Å². The van der Waals surface area contributed by atoms with Gasteiger partial charge in [-0.05, 0) is 39.1 Å². The van der Waals surface area contributed by atoms with Crippen molar-refractivity contribution in [2.45, 2.75) is 26.9 Å². The van der Waals surface area contributed by atoms with Crippen molar-refractivity contribution in [1.82, 2.24) is 15.6 Å². The summed E-state index contributed by atoms with van der Waals surface area (Å²) >= 11 is 0. The predicted octanol–water partition coefficient (Wildman–Crippen LogP) is 1.07. The average molecular weight is 181 g/mol. The second-order valence-corrected chi connectivity index (χ2v) is 3.39. The first kappa shape index (κ1) is 10.3. The van der Waals surface area contributed by atoms with E-state index in [9.17, 15) is 0 Å². The summed E-state index contributed by atoms with van der Waals surface area (Å²) in [5.74, 6) is 0. The van der Waals surface area contributed by atoms with Gasteiger partial charge in [-0.25, -0.2) is 0 Å². The molecule has 1 rings (SSSR count). The number of aromatic amines is 1. The third kappa shape index (κ3) is 2.11. The van der Waals surface area contributed by atoms with Crippen LogP contribution >= 0.6 is 0 Å². The minimum atomic E-state index is 0.938. The number of aromatic nitrogens is 1. The van der Waals surface area contributed by atoms with Crippen LogP contribution in [0.4, 0.5) is 0 Å². The molecule has 0 spiro atoms. The van der Waals surface area contributed by atoms with Gasteiger partial charge in [0.25, 0.3) is 0 Å². The first-order valence-corrected chi connectivity index (χ1v) is 4.66. The zero-order valence-corrected chi connectivity index (χ0v) is 8.91. The Morgan fingerprint density at radius 2 is 1.31 bits per heavy atom. The number of H-pyrrole nitrogens is 1. The number of nitrogens with one attached hydrogen (secondary N) is 3. The van der Waals surface area contributed by atoms with Gasteiger partial charge in [0, 0.05) is 24.5 Å². The SMILES string of the molecule is CNCc1c(C)[nH]c(C)c1CNC. The summed E-state index contributed by atoms with van der Waals surface area (Å²) in [5.41, 5.74) is 5.35. The topological polar surface area (TPSA) is 39.9 Å². The molecule has 0 atom stereocenters. The minimum Gasteiger partial charge on any atom is -0.362 e. The Balaban J connectivity index is 2.98. The van der Waals surface area contributed by atoms with E-state index in [1.54, 1.807) is 0 Å². The lowest BCUT2D eigenvalue weighted by molar-refractivity contribution is 0.766. The molecule has 0 saturated heterocycles. The fourth-order valence-electron chi connectivity index (χ4n) is 1.72. The highest BCUT2D eigenvalue weighted by Gasteiger charge is 2.09. The molecule has 0 saturated carbocycles. The Hall–Kier alpha value is -0.800. The molecule has 1 aromatic heterocycles. The highest BCUT2D eigenvalue weighted by molar-refractivity contribution is 5.35. The molecule has 1 heterocycles. The van der Waals surface area contributed by atoms with Gasteiger partial charge in [0.2, 0.25) is 0 Å². The summed E-state index contributed by atoms with van der Waals surface area (Å²) in [6.07, 6.45) is 0. The lowest BCUT2D eigenvalue weighted by Crippen LogP contribution is -2.12. The Kier molecular flexibility index (Phi) is 3.51. The van der Waals surface area contributed by atoms with Crippen LogP contribution in [0.2, 0.25) is 0 Å². The first-order valence-electron chi connectivity index (χ1n) is 4.66. The molecule has 0 aliphatic heterocycles. The zero-order chi connectivity index (χ0) is 9.84. The van der Waals surface area contributed by atoms with E-state index in [0.29, 0.717) is 0 Å². The van der Waals surface area contributed by atoms with Gasteiger partial charge >= 0.3 is 0 Å². The molecule has 13 heavy (non-hydrogen) atoms. The molecule has 3 nitrogen and oxygen atoms in total. The van der Waals surface area contributed by atoms with Crippen molar-refractivity contribution >= 4 is 0 Å². The van der Waals surface area contributed by atoms with E-state index >= 15 is 0 Å². The van der Waals surface area contributed by atoms with Gasteiger partial charge in [-0.1, -0.05) is 0 Å². The van der Waals surface area contributed by atoms with Crippen LogP contribution in [0, 0.1) is 13.8 Å². The highest BCUT2D eigenvalue weighted by Crippen LogP contribution is 2.17. The lowest BCUT2D eigenvalue weighted by atomic mass is 10.1. The molecule has 0 aromatic carbocycles. The summed E-state index contributed by atoms with van der Waals surface area (Å²) in [6, 6.07) is 0. The predicted molar refractivity (Wildman–Crippen MR) is 55.8 cm³/mol. The maximum absolute atomic E-state index is 3.37. The molecule has 0 aliphatic carbocycles.